The maximum atomic E-state index is 12.8. The molecule has 3 aliphatic rings. The van der Waals surface area contributed by atoms with Gasteiger partial charge in [0.25, 0.3) is 5.91 Å². The zero-order chi connectivity index (χ0) is 16.5. The van der Waals surface area contributed by atoms with E-state index in [0.717, 1.165) is 25.7 Å². The van der Waals surface area contributed by atoms with Crippen molar-refractivity contribution in [3.05, 3.63) is 23.8 Å². The molecule has 2 aliphatic heterocycles. The fraction of sp³-hybridized carbons (Fsp3) is 0.556. The molecule has 2 heterocycles. The first-order valence-corrected chi connectivity index (χ1v) is 8.73. The van der Waals surface area contributed by atoms with Crippen molar-refractivity contribution in [3.63, 3.8) is 0 Å². The average molecular weight is 330 g/mol. The van der Waals surface area contributed by atoms with Crippen LogP contribution in [0.2, 0.25) is 0 Å². The maximum Gasteiger partial charge on any atom is 0.254 e. The topological polar surface area (TPSA) is 67.9 Å². The predicted molar refractivity (Wildman–Crippen MR) is 87.0 cm³/mol. The van der Waals surface area contributed by atoms with E-state index < -0.39 is 0 Å². The molecule has 6 heteroatoms. The summed E-state index contributed by atoms with van der Waals surface area (Å²) in [7, 11) is 0. The molecule has 1 aromatic rings. The number of amides is 2. The van der Waals surface area contributed by atoms with E-state index in [0.29, 0.717) is 23.6 Å². The van der Waals surface area contributed by atoms with Crippen LogP contribution in [0.1, 0.15) is 48.9 Å². The van der Waals surface area contributed by atoms with Gasteiger partial charge >= 0.3 is 0 Å². The first-order chi connectivity index (χ1) is 11.7. The minimum absolute atomic E-state index is 0.00602. The molecule has 1 saturated carbocycles. The number of carbonyl (C=O) groups is 2. The summed E-state index contributed by atoms with van der Waals surface area (Å²) < 4.78 is 10.6. The van der Waals surface area contributed by atoms with Crippen molar-refractivity contribution in [1.82, 2.24) is 10.2 Å². The summed E-state index contributed by atoms with van der Waals surface area (Å²) in [5.41, 5.74) is 0.541. The Balaban J connectivity index is 1.47. The number of carbonyl (C=O) groups excluding carboxylic acids is 2. The molecule has 0 aromatic heterocycles. The Morgan fingerprint density at radius 3 is 2.67 bits per heavy atom. The lowest BCUT2D eigenvalue weighted by atomic mass is 10.1. The fourth-order valence-electron chi connectivity index (χ4n) is 3.85. The Kier molecular flexibility index (Phi) is 4.04. The van der Waals surface area contributed by atoms with E-state index in [1.165, 1.54) is 12.8 Å². The van der Waals surface area contributed by atoms with Crippen LogP contribution in [0.4, 0.5) is 0 Å². The van der Waals surface area contributed by atoms with Crippen LogP contribution in [-0.4, -0.2) is 42.1 Å². The highest BCUT2D eigenvalue weighted by Gasteiger charge is 2.36. The average Bonchev–Trinajstić information content (AvgIpc) is 3.33. The van der Waals surface area contributed by atoms with Gasteiger partial charge in [-0.05, 0) is 43.9 Å². The molecule has 24 heavy (non-hydrogen) atoms. The molecule has 0 spiro atoms. The monoisotopic (exact) mass is 330 g/mol. The van der Waals surface area contributed by atoms with E-state index in [2.05, 4.69) is 5.32 Å². The highest BCUT2D eigenvalue weighted by molar-refractivity contribution is 5.98. The molecular weight excluding hydrogens is 308 g/mol. The summed E-state index contributed by atoms with van der Waals surface area (Å²) in [6.07, 6.45) is 6.04. The second kappa shape index (κ2) is 6.34. The first-order valence-electron chi connectivity index (χ1n) is 8.73. The molecule has 0 bridgehead atoms. The Bertz CT molecular complexity index is 654. The first kappa shape index (κ1) is 15.3. The van der Waals surface area contributed by atoms with Crippen molar-refractivity contribution in [2.24, 2.45) is 0 Å². The third kappa shape index (κ3) is 2.81. The van der Waals surface area contributed by atoms with Crippen LogP contribution in [0.25, 0.3) is 0 Å². The van der Waals surface area contributed by atoms with Gasteiger partial charge in [0.1, 0.15) is 6.04 Å². The molecule has 1 aliphatic carbocycles. The normalized spacial score (nSPS) is 22.8. The minimum atomic E-state index is -0.358. The zero-order valence-electron chi connectivity index (χ0n) is 13.6. The predicted octanol–water partition coefficient (Wildman–Crippen LogP) is 2.08. The van der Waals surface area contributed by atoms with Crippen LogP contribution in [0.5, 0.6) is 11.5 Å². The third-order valence-corrected chi connectivity index (χ3v) is 5.14. The van der Waals surface area contributed by atoms with E-state index >= 15 is 0 Å². The Morgan fingerprint density at radius 2 is 1.83 bits per heavy atom. The molecule has 0 radical (unpaired) electrons. The van der Waals surface area contributed by atoms with Gasteiger partial charge in [-0.3, -0.25) is 9.59 Å². The summed E-state index contributed by atoms with van der Waals surface area (Å²) in [5, 5.41) is 3.12. The van der Waals surface area contributed by atoms with Crippen molar-refractivity contribution < 1.29 is 19.1 Å². The second-order valence-corrected chi connectivity index (χ2v) is 6.71. The van der Waals surface area contributed by atoms with Crippen molar-refractivity contribution >= 4 is 11.8 Å². The van der Waals surface area contributed by atoms with Gasteiger partial charge < -0.3 is 19.7 Å². The summed E-state index contributed by atoms with van der Waals surface area (Å²) in [6, 6.07) is 5.11. The number of hydrogen-bond acceptors (Lipinski definition) is 4. The molecule has 1 aromatic carbocycles. The van der Waals surface area contributed by atoms with Gasteiger partial charge in [-0.25, -0.2) is 0 Å². The molecule has 6 nitrogen and oxygen atoms in total. The van der Waals surface area contributed by atoms with Crippen molar-refractivity contribution in [1.29, 1.82) is 0 Å². The van der Waals surface area contributed by atoms with Crippen LogP contribution in [0.3, 0.4) is 0 Å². The number of ether oxygens (including phenoxy) is 2. The number of likely N-dealkylation sites (tertiary alicyclic amines) is 1. The Morgan fingerprint density at radius 1 is 1.04 bits per heavy atom. The van der Waals surface area contributed by atoms with Crippen molar-refractivity contribution in [2.75, 3.05) is 13.3 Å². The summed E-state index contributed by atoms with van der Waals surface area (Å²) in [4.78, 5) is 27.1. The second-order valence-electron chi connectivity index (χ2n) is 6.71. The molecule has 128 valence electrons. The van der Waals surface area contributed by atoms with Gasteiger partial charge in [0.2, 0.25) is 12.7 Å². The van der Waals surface area contributed by atoms with Crippen LogP contribution < -0.4 is 14.8 Å². The van der Waals surface area contributed by atoms with Crippen molar-refractivity contribution in [3.8, 4) is 11.5 Å². The van der Waals surface area contributed by atoms with Crippen LogP contribution in [-0.2, 0) is 4.79 Å². The Labute approximate surface area is 141 Å². The van der Waals surface area contributed by atoms with E-state index in [-0.39, 0.29) is 30.7 Å². The van der Waals surface area contributed by atoms with Crippen LogP contribution in [0.15, 0.2) is 18.2 Å². The minimum Gasteiger partial charge on any atom is -0.454 e. The SMILES string of the molecule is O=C(NC1CCCC1)[C@H]1CCCN1C(=O)c1ccc2c(c1)OCO2. The van der Waals surface area contributed by atoms with Gasteiger partial charge in [-0.15, -0.1) is 0 Å². The number of hydrogen-bond donors (Lipinski definition) is 1. The molecule has 4 rings (SSSR count). The van der Waals surface area contributed by atoms with Gasteiger partial charge in [0.15, 0.2) is 11.5 Å². The van der Waals surface area contributed by atoms with Gasteiger partial charge in [-0.1, -0.05) is 12.8 Å². The highest BCUT2D eigenvalue weighted by atomic mass is 16.7. The Hall–Kier alpha value is -2.24. The smallest absolute Gasteiger partial charge is 0.254 e. The number of nitrogens with one attached hydrogen (secondary N) is 1. The molecule has 1 saturated heterocycles. The highest BCUT2D eigenvalue weighted by Crippen LogP contribution is 2.33. The van der Waals surface area contributed by atoms with Gasteiger partial charge in [0.05, 0.1) is 0 Å². The fourth-order valence-corrected chi connectivity index (χ4v) is 3.85. The number of fused-ring (bicyclic) bond motifs is 1. The zero-order valence-corrected chi connectivity index (χ0v) is 13.6. The molecule has 2 amide bonds. The number of benzene rings is 1. The van der Waals surface area contributed by atoms with E-state index in [1.54, 1.807) is 23.1 Å². The molecular formula is C18H22N2O4. The quantitative estimate of drug-likeness (QED) is 0.921. The lowest BCUT2D eigenvalue weighted by Crippen LogP contribution is -2.48. The summed E-state index contributed by atoms with van der Waals surface area (Å²) in [6.45, 7) is 0.805. The standard InChI is InChI=1S/C18H22N2O4/c21-17(19-13-4-1-2-5-13)14-6-3-9-20(14)18(22)12-7-8-15-16(10-12)24-11-23-15/h7-8,10,13-14H,1-6,9,11H2,(H,19,21)/t14-/m1/s1. The van der Waals surface area contributed by atoms with Gasteiger partial charge in [0, 0.05) is 18.2 Å². The molecule has 0 unspecified atom stereocenters. The van der Waals surface area contributed by atoms with E-state index in [9.17, 15) is 9.59 Å². The lowest BCUT2D eigenvalue weighted by molar-refractivity contribution is -0.125. The largest absolute Gasteiger partial charge is 0.454 e. The number of nitrogens with zero attached hydrogens (tertiary/aromatic N) is 1. The van der Waals surface area contributed by atoms with E-state index in [4.69, 9.17) is 9.47 Å². The molecule has 2 fully saturated rings. The van der Waals surface area contributed by atoms with E-state index in [1.807, 2.05) is 0 Å². The number of rotatable bonds is 3. The van der Waals surface area contributed by atoms with Crippen molar-refractivity contribution in [2.45, 2.75) is 50.6 Å². The summed E-state index contributed by atoms with van der Waals surface area (Å²) in [5.74, 6) is 1.13. The third-order valence-electron chi connectivity index (χ3n) is 5.14. The van der Waals surface area contributed by atoms with Crippen LogP contribution >= 0.6 is 0 Å². The molecule has 1 N–H and O–H groups in total. The van der Waals surface area contributed by atoms with Gasteiger partial charge in [-0.2, -0.15) is 0 Å². The maximum absolute atomic E-state index is 12.8. The summed E-state index contributed by atoms with van der Waals surface area (Å²) >= 11 is 0. The lowest BCUT2D eigenvalue weighted by Gasteiger charge is -2.25. The molecule has 1 atom stereocenters. The van der Waals surface area contributed by atoms with Crippen LogP contribution in [0, 0.1) is 0 Å².